The zero-order valence-electron chi connectivity index (χ0n) is 18.0. The third-order valence-corrected chi connectivity index (χ3v) is 5.75. The lowest BCUT2D eigenvalue weighted by atomic mass is 9.94. The molecule has 0 spiro atoms. The number of carbonyl (C=O) groups is 2. The van der Waals surface area contributed by atoms with Gasteiger partial charge in [0.1, 0.15) is 28.9 Å². The summed E-state index contributed by atoms with van der Waals surface area (Å²) in [6, 6.07) is 12.5. The summed E-state index contributed by atoms with van der Waals surface area (Å²) >= 11 is 6.23. The van der Waals surface area contributed by atoms with E-state index >= 15 is 0 Å². The predicted octanol–water partition coefficient (Wildman–Crippen LogP) is 5.26. The minimum Gasteiger partial charge on any atom is -0.507 e. The monoisotopic (exact) mass is 485 g/mol. The number of aliphatic hydroxyl groups is 1. The normalized spacial score (nSPS) is 17.2. The average molecular weight is 486 g/mol. The smallest absolute Gasteiger partial charge is 0.300 e. The zero-order chi connectivity index (χ0) is 24.6. The maximum Gasteiger partial charge on any atom is 0.300 e. The standard InChI is InChI=1S/C25H18ClF2NO5/c1-33-19-12-20(34-2)16(26)11-15(19)23(30)21-22(13-6-4-3-5-7-13)29(25(32)24(21)31)18-9-8-14(27)10-17(18)28/h3-12,22,30H,1-2H3/b23-21+. The van der Waals surface area contributed by atoms with Crippen LogP contribution in [0.2, 0.25) is 5.02 Å². The molecule has 4 rings (SSSR count). The minimum atomic E-state index is -1.20. The third kappa shape index (κ3) is 3.86. The molecular weight excluding hydrogens is 468 g/mol. The number of nitrogens with zero attached hydrogens (tertiary/aromatic N) is 1. The average Bonchev–Trinajstić information content (AvgIpc) is 3.09. The lowest BCUT2D eigenvalue weighted by Crippen LogP contribution is -2.30. The highest BCUT2D eigenvalue weighted by atomic mass is 35.5. The van der Waals surface area contributed by atoms with Crippen molar-refractivity contribution in [3.8, 4) is 11.5 Å². The van der Waals surface area contributed by atoms with Crippen molar-refractivity contribution in [1.82, 2.24) is 0 Å². The molecule has 1 unspecified atom stereocenters. The van der Waals surface area contributed by atoms with Crippen LogP contribution in [0.3, 0.4) is 0 Å². The van der Waals surface area contributed by atoms with Crippen molar-refractivity contribution in [3.05, 3.63) is 94.0 Å². The lowest BCUT2D eigenvalue weighted by Gasteiger charge is -2.26. The number of ketones is 1. The molecule has 34 heavy (non-hydrogen) atoms. The molecule has 0 saturated carbocycles. The van der Waals surface area contributed by atoms with Gasteiger partial charge in [-0.25, -0.2) is 8.78 Å². The van der Waals surface area contributed by atoms with Gasteiger partial charge < -0.3 is 14.6 Å². The summed E-state index contributed by atoms with van der Waals surface area (Å²) in [5, 5.41) is 11.4. The van der Waals surface area contributed by atoms with E-state index in [1.54, 1.807) is 30.3 Å². The van der Waals surface area contributed by atoms with E-state index in [0.717, 1.165) is 17.0 Å². The van der Waals surface area contributed by atoms with Crippen LogP contribution in [0, 0.1) is 11.6 Å². The van der Waals surface area contributed by atoms with Crippen LogP contribution in [-0.4, -0.2) is 31.0 Å². The van der Waals surface area contributed by atoms with Crippen LogP contribution in [0.15, 0.2) is 66.2 Å². The summed E-state index contributed by atoms with van der Waals surface area (Å²) < 4.78 is 38.8. The minimum absolute atomic E-state index is 0.0341. The van der Waals surface area contributed by atoms with Gasteiger partial charge in [-0.15, -0.1) is 0 Å². The van der Waals surface area contributed by atoms with E-state index in [1.807, 2.05) is 0 Å². The van der Waals surface area contributed by atoms with Crippen molar-refractivity contribution in [2.24, 2.45) is 0 Å². The molecule has 1 aliphatic rings. The van der Waals surface area contributed by atoms with Crippen LogP contribution in [0.25, 0.3) is 5.76 Å². The van der Waals surface area contributed by atoms with Crippen molar-refractivity contribution in [3.63, 3.8) is 0 Å². The molecular formula is C25H18ClF2NO5. The zero-order valence-corrected chi connectivity index (χ0v) is 18.8. The van der Waals surface area contributed by atoms with E-state index in [9.17, 15) is 23.5 Å². The van der Waals surface area contributed by atoms with Gasteiger partial charge in [-0.1, -0.05) is 41.9 Å². The van der Waals surface area contributed by atoms with E-state index in [-0.39, 0.29) is 33.3 Å². The van der Waals surface area contributed by atoms with Crippen molar-refractivity contribution in [2.75, 3.05) is 19.1 Å². The van der Waals surface area contributed by atoms with Gasteiger partial charge in [-0.3, -0.25) is 14.5 Å². The van der Waals surface area contributed by atoms with Crippen LogP contribution in [0.5, 0.6) is 11.5 Å². The Balaban J connectivity index is 2.00. The molecule has 1 fully saturated rings. The van der Waals surface area contributed by atoms with Crippen LogP contribution < -0.4 is 14.4 Å². The number of amides is 1. The molecule has 0 bridgehead atoms. The molecule has 1 N–H and O–H groups in total. The van der Waals surface area contributed by atoms with Crippen LogP contribution >= 0.6 is 11.6 Å². The van der Waals surface area contributed by atoms with Crippen molar-refractivity contribution in [1.29, 1.82) is 0 Å². The van der Waals surface area contributed by atoms with Gasteiger partial charge in [0.2, 0.25) is 0 Å². The fraction of sp³-hybridized carbons (Fsp3) is 0.120. The Labute approximate surface area is 198 Å². The molecule has 0 radical (unpaired) electrons. The maximum absolute atomic E-state index is 14.7. The number of benzene rings is 3. The third-order valence-electron chi connectivity index (χ3n) is 5.46. The second-order valence-corrected chi connectivity index (χ2v) is 7.77. The Kier molecular flexibility index (Phi) is 6.26. The van der Waals surface area contributed by atoms with Gasteiger partial charge in [0.25, 0.3) is 11.7 Å². The number of Topliss-reactive ketones (excluding diaryl/α,β-unsaturated/α-hetero) is 1. The number of carbonyl (C=O) groups excluding carboxylic acids is 2. The summed E-state index contributed by atoms with van der Waals surface area (Å²) in [4.78, 5) is 27.2. The highest BCUT2D eigenvalue weighted by Gasteiger charge is 2.48. The van der Waals surface area contributed by atoms with E-state index in [0.29, 0.717) is 11.6 Å². The first kappa shape index (κ1) is 23.3. The van der Waals surface area contributed by atoms with Gasteiger partial charge in [-0.05, 0) is 23.8 Å². The molecule has 0 aliphatic carbocycles. The first-order valence-corrected chi connectivity index (χ1v) is 10.4. The number of hydrogen-bond donors (Lipinski definition) is 1. The van der Waals surface area contributed by atoms with Gasteiger partial charge >= 0.3 is 0 Å². The highest BCUT2D eigenvalue weighted by Crippen LogP contribution is 2.45. The number of methoxy groups -OCH3 is 2. The summed E-state index contributed by atoms with van der Waals surface area (Å²) in [7, 11) is 2.75. The van der Waals surface area contributed by atoms with Crippen LogP contribution in [-0.2, 0) is 9.59 Å². The molecule has 6 nitrogen and oxygen atoms in total. The topological polar surface area (TPSA) is 76.1 Å². The summed E-state index contributed by atoms with van der Waals surface area (Å²) in [6.45, 7) is 0. The SMILES string of the molecule is COc1cc(OC)c(/C(O)=C2\C(=O)C(=O)N(c3ccc(F)cc3F)C2c2ccccc2)cc1Cl. The molecule has 1 heterocycles. The van der Waals surface area contributed by atoms with E-state index < -0.39 is 35.1 Å². The number of rotatable bonds is 5. The number of hydrogen-bond acceptors (Lipinski definition) is 5. The largest absolute Gasteiger partial charge is 0.507 e. The van der Waals surface area contributed by atoms with E-state index in [2.05, 4.69) is 0 Å². The molecule has 9 heteroatoms. The molecule has 1 aliphatic heterocycles. The summed E-state index contributed by atoms with van der Waals surface area (Å²) in [5.41, 5.74) is -0.159. The Morgan fingerprint density at radius 1 is 0.971 bits per heavy atom. The summed E-state index contributed by atoms with van der Waals surface area (Å²) in [5.74, 6) is -4.19. The summed E-state index contributed by atoms with van der Waals surface area (Å²) in [6.07, 6.45) is 0. The molecule has 3 aromatic carbocycles. The van der Waals surface area contributed by atoms with E-state index in [1.165, 1.54) is 26.4 Å². The fourth-order valence-corrected chi connectivity index (χ4v) is 4.14. The van der Waals surface area contributed by atoms with Crippen molar-refractivity contribution >= 4 is 34.7 Å². The Hall–Kier alpha value is -3.91. The molecule has 3 aromatic rings. The maximum atomic E-state index is 14.7. The van der Waals surface area contributed by atoms with Gasteiger partial charge in [0.15, 0.2) is 0 Å². The number of halogens is 3. The molecule has 174 valence electrons. The van der Waals surface area contributed by atoms with Crippen molar-refractivity contribution in [2.45, 2.75) is 6.04 Å². The van der Waals surface area contributed by atoms with Crippen molar-refractivity contribution < 1.29 is 33.0 Å². The number of anilines is 1. The Morgan fingerprint density at radius 2 is 1.65 bits per heavy atom. The highest BCUT2D eigenvalue weighted by molar-refractivity contribution is 6.51. The molecule has 1 saturated heterocycles. The first-order chi connectivity index (χ1) is 16.3. The first-order valence-electron chi connectivity index (χ1n) is 10.0. The number of aliphatic hydroxyl groups excluding tert-OH is 1. The van der Waals surface area contributed by atoms with Gasteiger partial charge in [-0.2, -0.15) is 0 Å². The van der Waals surface area contributed by atoms with Gasteiger partial charge in [0, 0.05) is 12.1 Å². The molecule has 1 atom stereocenters. The Morgan fingerprint density at radius 3 is 2.26 bits per heavy atom. The van der Waals surface area contributed by atoms with E-state index in [4.69, 9.17) is 21.1 Å². The number of ether oxygens (including phenoxy) is 2. The predicted molar refractivity (Wildman–Crippen MR) is 122 cm³/mol. The van der Waals surface area contributed by atoms with Gasteiger partial charge in [0.05, 0.1) is 42.1 Å². The van der Waals surface area contributed by atoms with Crippen LogP contribution in [0.4, 0.5) is 14.5 Å². The molecule has 0 aromatic heterocycles. The second kappa shape index (κ2) is 9.15. The Bertz CT molecular complexity index is 1330. The second-order valence-electron chi connectivity index (χ2n) is 7.36. The lowest BCUT2D eigenvalue weighted by molar-refractivity contribution is -0.132. The quantitative estimate of drug-likeness (QED) is 0.303. The van der Waals surface area contributed by atoms with Crippen LogP contribution in [0.1, 0.15) is 17.2 Å². The molecule has 1 amide bonds. The fourth-order valence-electron chi connectivity index (χ4n) is 3.90.